The molecule has 0 aromatic carbocycles. The van der Waals surface area contributed by atoms with Gasteiger partial charge in [-0.15, -0.1) is 0 Å². The van der Waals surface area contributed by atoms with E-state index in [-0.39, 0.29) is 17.6 Å². The van der Waals surface area contributed by atoms with Crippen molar-refractivity contribution < 1.29 is 14.4 Å². The highest BCUT2D eigenvalue weighted by molar-refractivity contribution is 5.87. The van der Waals surface area contributed by atoms with E-state index in [1.807, 2.05) is 4.90 Å². The molecular weight excluding hydrogens is 194 g/mol. The van der Waals surface area contributed by atoms with E-state index in [9.17, 15) is 4.79 Å². The molecule has 1 aliphatic heterocycles. The van der Waals surface area contributed by atoms with E-state index in [1.54, 1.807) is 0 Å². The van der Waals surface area contributed by atoms with Crippen molar-refractivity contribution in [1.29, 1.82) is 0 Å². The van der Waals surface area contributed by atoms with Crippen molar-refractivity contribution >= 4 is 12.1 Å². The number of likely N-dealkylation sites (tertiary alicyclic amines) is 1. The average molecular weight is 213 g/mol. The zero-order chi connectivity index (χ0) is 12.2. The summed E-state index contributed by atoms with van der Waals surface area (Å²) >= 11 is 0. The fourth-order valence-electron chi connectivity index (χ4n) is 2.45. The number of rotatable bonds is 2. The van der Waals surface area contributed by atoms with Crippen LogP contribution in [0, 0.1) is 5.92 Å². The van der Waals surface area contributed by atoms with E-state index in [0.29, 0.717) is 11.9 Å². The Bertz CT molecular complexity index is 265. The van der Waals surface area contributed by atoms with E-state index in [4.69, 9.17) is 9.59 Å². The Labute approximate surface area is 90.6 Å². The van der Waals surface area contributed by atoms with Crippen LogP contribution in [-0.4, -0.2) is 28.5 Å². The lowest BCUT2D eigenvalue weighted by Crippen LogP contribution is -2.69. The molecule has 1 atom stereocenters. The Kier molecular flexibility index (Phi) is 4.69. The van der Waals surface area contributed by atoms with Gasteiger partial charge in [0.1, 0.15) is 0 Å². The van der Waals surface area contributed by atoms with Gasteiger partial charge in [0.05, 0.1) is 5.92 Å². The van der Waals surface area contributed by atoms with Crippen LogP contribution in [0.4, 0.5) is 0 Å². The minimum Gasteiger partial charge on any atom is -0.334 e. The molecule has 86 valence electrons. The highest BCUT2D eigenvalue weighted by Gasteiger charge is 2.53. The number of hydrogen-bond acceptors (Lipinski definition) is 3. The molecule has 0 aliphatic carbocycles. The van der Waals surface area contributed by atoms with E-state index in [0.717, 1.165) is 6.42 Å². The minimum absolute atomic E-state index is 0.0833. The summed E-state index contributed by atoms with van der Waals surface area (Å²) in [6.07, 6.45) is 1.22. The second-order valence-electron chi connectivity index (χ2n) is 4.50. The van der Waals surface area contributed by atoms with Gasteiger partial charge < -0.3 is 4.90 Å². The van der Waals surface area contributed by atoms with Gasteiger partial charge in [0, 0.05) is 11.6 Å². The van der Waals surface area contributed by atoms with E-state index >= 15 is 0 Å². The molecule has 0 aromatic heterocycles. The predicted octanol–water partition coefficient (Wildman–Crippen LogP) is 1.46. The first-order valence-corrected chi connectivity index (χ1v) is 5.17. The van der Waals surface area contributed by atoms with Gasteiger partial charge >= 0.3 is 6.15 Å². The van der Waals surface area contributed by atoms with Crippen molar-refractivity contribution in [2.75, 3.05) is 0 Å². The molecule has 0 aromatic rings. The number of carbonyl (C=O) groups excluding carboxylic acids is 3. The maximum Gasteiger partial charge on any atom is 0.373 e. The second kappa shape index (κ2) is 5.08. The van der Waals surface area contributed by atoms with Crippen molar-refractivity contribution in [2.45, 2.75) is 52.6 Å². The fraction of sp³-hybridized carbons (Fsp3) is 0.818. The van der Waals surface area contributed by atoms with Crippen LogP contribution in [0.2, 0.25) is 0 Å². The molecule has 4 nitrogen and oxygen atoms in total. The maximum absolute atomic E-state index is 11.6. The lowest BCUT2D eigenvalue weighted by molar-refractivity contribution is -0.191. The summed E-state index contributed by atoms with van der Waals surface area (Å²) in [4.78, 5) is 29.8. The zero-order valence-electron chi connectivity index (χ0n) is 10.0. The van der Waals surface area contributed by atoms with Crippen LogP contribution in [0.15, 0.2) is 0 Å². The number of carbonyl (C=O) groups is 1. The van der Waals surface area contributed by atoms with Crippen LogP contribution in [-0.2, 0) is 14.4 Å². The first-order valence-electron chi connectivity index (χ1n) is 5.17. The number of hydrogen-bond donors (Lipinski definition) is 0. The van der Waals surface area contributed by atoms with Gasteiger partial charge in [-0.25, -0.2) is 0 Å². The van der Waals surface area contributed by atoms with Crippen LogP contribution in [0.3, 0.4) is 0 Å². The molecule has 4 heteroatoms. The normalized spacial score (nSPS) is 22.7. The van der Waals surface area contributed by atoms with E-state index in [1.165, 1.54) is 0 Å². The van der Waals surface area contributed by atoms with Gasteiger partial charge in [-0.05, 0) is 34.1 Å². The Morgan fingerprint density at radius 1 is 1.40 bits per heavy atom. The van der Waals surface area contributed by atoms with Crippen LogP contribution in [0.5, 0.6) is 0 Å². The summed E-state index contributed by atoms with van der Waals surface area (Å²) in [6.45, 7) is 10.5. The summed E-state index contributed by atoms with van der Waals surface area (Å²) in [7, 11) is 0. The minimum atomic E-state index is 0.0833. The fourth-order valence-corrected chi connectivity index (χ4v) is 2.45. The number of nitrogens with zero attached hydrogens (tertiary/aromatic N) is 1. The Balaban J connectivity index is 0.000000583. The molecule has 1 amide bonds. The molecule has 15 heavy (non-hydrogen) atoms. The van der Waals surface area contributed by atoms with E-state index in [2.05, 4.69) is 34.6 Å². The van der Waals surface area contributed by atoms with Gasteiger partial charge in [-0.3, -0.25) is 4.79 Å². The molecule has 1 fully saturated rings. The monoisotopic (exact) mass is 213 g/mol. The smallest absolute Gasteiger partial charge is 0.334 e. The van der Waals surface area contributed by atoms with Gasteiger partial charge in [-0.2, -0.15) is 9.59 Å². The van der Waals surface area contributed by atoms with Crippen LogP contribution in [0.1, 0.15) is 41.0 Å². The van der Waals surface area contributed by atoms with Crippen LogP contribution < -0.4 is 0 Å². The van der Waals surface area contributed by atoms with Gasteiger partial charge in [0.25, 0.3) is 0 Å². The Morgan fingerprint density at radius 3 is 2.00 bits per heavy atom. The molecule has 1 unspecified atom stereocenters. The third-order valence-corrected chi connectivity index (χ3v) is 2.93. The molecule has 1 aliphatic rings. The number of amides is 1. The van der Waals surface area contributed by atoms with Gasteiger partial charge in [0.15, 0.2) is 0 Å². The van der Waals surface area contributed by atoms with Crippen molar-refractivity contribution in [1.82, 2.24) is 4.90 Å². The lowest BCUT2D eigenvalue weighted by atomic mass is 9.73. The molecule has 1 rings (SSSR count). The quantitative estimate of drug-likeness (QED) is 0.652. The third-order valence-electron chi connectivity index (χ3n) is 2.93. The highest BCUT2D eigenvalue weighted by Crippen LogP contribution is 2.40. The molecule has 0 spiro atoms. The topological polar surface area (TPSA) is 54.5 Å². The molecule has 0 saturated carbocycles. The second-order valence-corrected chi connectivity index (χ2v) is 4.50. The largest absolute Gasteiger partial charge is 0.373 e. The summed E-state index contributed by atoms with van der Waals surface area (Å²) in [6, 6.07) is 0.343. The predicted molar refractivity (Wildman–Crippen MR) is 54.8 cm³/mol. The van der Waals surface area contributed by atoms with Crippen molar-refractivity contribution in [2.24, 2.45) is 5.92 Å². The molecule has 0 N–H and O–H groups in total. The summed E-state index contributed by atoms with van der Waals surface area (Å²) in [5, 5.41) is 0. The highest BCUT2D eigenvalue weighted by atomic mass is 16.2. The average Bonchev–Trinajstić information content (AvgIpc) is 2.03. The Morgan fingerprint density at radius 2 is 1.80 bits per heavy atom. The van der Waals surface area contributed by atoms with Crippen molar-refractivity contribution in [3.63, 3.8) is 0 Å². The Hall–Kier alpha value is -1.15. The molecular formula is C11H19NO3. The summed E-state index contributed by atoms with van der Waals surface area (Å²) in [5.74, 6) is 0.581. The third kappa shape index (κ3) is 2.45. The van der Waals surface area contributed by atoms with Crippen molar-refractivity contribution in [3.05, 3.63) is 0 Å². The first-order chi connectivity index (χ1) is 6.84. The van der Waals surface area contributed by atoms with Crippen LogP contribution in [0.25, 0.3) is 0 Å². The number of β-lactam (4-membered cyclic amide) rings is 1. The molecule has 0 radical (unpaired) electrons. The maximum atomic E-state index is 11.6. The lowest BCUT2D eigenvalue weighted by Gasteiger charge is -2.56. The van der Waals surface area contributed by atoms with Gasteiger partial charge in [0.2, 0.25) is 5.91 Å². The van der Waals surface area contributed by atoms with E-state index < -0.39 is 0 Å². The first kappa shape index (κ1) is 13.8. The summed E-state index contributed by atoms with van der Waals surface area (Å²) < 4.78 is 0. The van der Waals surface area contributed by atoms with Crippen molar-refractivity contribution in [3.8, 4) is 0 Å². The molecule has 1 heterocycles. The molecule has 1 saturated heterocycles. The van der Waals surface area contributed by atoms with Crippen LogP contribution >= 0.6 is 0 Å². The summed E-state index contributed by atoms with van der Waals surface area (Å²) in [5.41, 5.74) is 0.0833. The van der Waals surface area contributed by atoms with Gasteiger partial charge in [-0.1, -0.05) is 6.92 Å². The zero-order valence-corrected chi connectivity index (χ0v) is 10.0. The standard InChI is InChI=1S/C10H19NO.CO2/c1-6-8-9(12)11(7(2)3)10(8,4)5;2-1-3/h7-8H,6H2,1-5H3;. The SMILES string of the molecule is CCC1C(=O)N(C(C)C)C1(C)C.O=C=O. The molecule has 0 bridgehead atoms.